The van der Waals surface area contributed by atoms with Gasteiger partial charge in [-0.25, -0.2) is 8.42 Å². The van der Waals surface area contributed by atoms with Crippen LogP contribution in [0.1, 0.15) is 19.8 Å². The van der Waals surface area contributed by atoms with Gasteiger partial charge in [0.05, 0.1) is 23.6 Å². The van der Waals surface area contributed by atoms with Crippen LogP contribution >= 0.6 is 0 Å². The molecule has 0 spiro atoms. The predicted octanol–water partition coefficient (Wildman–Crippen LogP) is 2.45. The second-order valence-corrected chi connectivity index (χ2v) is 9.77. The van der Waals surface area contributed by atoms with E-state index in [1.165, 1.54) is 22.5 Å². The number of fused-ring (bicyclic) bond motifs is 1. The van der Waals surface area contributed by atoms with Crippen molar-refractivity contribution < 1.29 is 27.5 Å². The van der Waals surface area contributed by atoms with Gasteiger partial charge in [-0.2, -0.15) is 4.31 Å². The smallest absolute Gasteiger partial charge is 0.265 e. The van der Waals surface area contributed by atoms with Gasteiger partial charge in [-0.1, -0.05) is 6.07 Å². The van der Waals surface area contributed by atoms with Crippen LogP contribution < -0.4 is 20.1 Å². The fourth-order valence-corrected chi connectivity index (χ4v) is 5.37. The first kappa shape index (κ1) is 22.1. The Morgan fingerprint density at radius 1 is 1.25 bits per heavy atom. The van der Waals surface area contributed by atoms with E-state index in [0.717, 1.165) is 0 Å². The second-order valence-electron chi connectivity index (χ2n) is 7.83. The molecule has 0 aliphatic carbocycles. The average molecular weight is 460 g/mol. The molecule has 0 radical (unpaired) electrons. The topological polar surface area (TPSA) is 114 Å². The minimum atomic E-state index is -3.85. The normalized spacial score (nSPS) is 21.1. The summed E-state index contributed by atoms with van der Waals surface area (Å²) in [6.07, 6.45) is 0.516. The van der Waals surface area contributed by atoms with Crippen LogP contribution in [0.4, 0.5) is 11.4 Å². The lowest BCUT2D eigenvalue weighted by molar-refractivity contribution is -0.123. The third kappa shape index (κ3) is 4.42. The predicted molar refractivity (Wildman–Crippen MR) is 118 cm³/mol. The number of amides is 2. The van der Waals surface area contributed by atoms with Gasteiger partial charge < -0.3 is 20.1 Å². The van der Waals surface area contributed by atoms with Gasteiger partial charge in [0.25, 0.3) is 5.91 Å². The quantitative estimate of drug-likeness (QED) is 0.710. The van der Waals surface area contributed by atoms with E-state index in [1.807, 2.05) is 0 Å². The van der Waals surface area contributed by atoms with Crippen LogP contribution in [0.2, 0.25) is 0 Å². The minimum absolute atomic E-state index is 0.0450. The fourth-order valence-electron chi connectivity index (χ4n) is 3.82. The van der Waals surface area contributed by atoms with Gasteiger partial charge in [-0.15, -0.1) is 0 Å². The first-order valence-electron chi connectivity index (χ1n) is 10.3. The van der Waals surface area contributed by atoms with Crippen molar-refractivity contribution in [2.45, 2.75) is 30.8 Å². The van der Waals surface area contributed by atoms with E-state index in [9.17, 15) is 18.0 Å². The van der Waals surface area contributed by atoms with Crippen molar-refractivity contribution >= 4 is 33.2 Å². The van der Waals surface area contributed by atoms with E-state index in [0.29, 0.717) is 42.3 Å². The third-order valence-electron chi connectivity index (χ3n) is 5.61. The van der Waals surface area contributed by atoms with E-state index in [2.05, 4.69) is 10.6 Å². The monoisotopic (exact) mass is 459 g/mol. The number of sulfonamides is 1. The molecule has 0 aromatic heterocycles. The molecule has 0 saturated carbocycles. The second kappa shape index (κ2) is 8.79. The molecule has 2 atom stereocenters. The lowest BCUT2D eigenvalue weighted by atomic mass is 9.98. The Hall–Kier alpha value is -3.11. The average Bonchev–Trinajstić information content (AvgIpc) is 2.79. The molecule has 0 bridgehead atoms. The third-order valence-corrected chi connectivity index (χ3v) is 7.47. The number of hydrogen-bond donors (Lipinski definition) is 2. The molecule has 0 unspecified atom stereocenters. The van der Waals surface area contributed by atoms with E-state index < -0.39 is 22.0 Å². The highest BCUT2D eigenvalue weighted by atomic mass is 32.2. The van der Waals surface area contributed by atoms with Gasteiger partial charge in [-0.05, 0) is 50.1 Å². The summed E-state index contributed by atoms with van der Waals surface area (Å²) in [5, 5.41) is 5.51. The first-order valence-corrected chi connectivity index (χ1v) is 11.8. The minimum Gasteiger partial charge on any atom is -0.497 e. The molecule has 2 heterocycles. The Bertz CT molecular complexity index is 1150. The van der Waals surface area contributed by atoms with Gasteiger partial charge in [0.1, 0.15) is 11.5 Å². The largest absolute Gasteiger partial charge is 0.497 e. The number of rotatable bonds is 5. The van der Waals surface area contributed by atoms with Crippen LogP contribution in [0.25, 0.3) is 0 Å². The van der Waals surface area contributed by atoms with Gasteiger partial charge in [0, 0.05) is 24.8 Å². The first-order chi connectivity index (χ1) is 15.3. The van der Waals surface area contributed by atoms with E-state index in [-0.39, 0.29) is 23.3 Å². The SMILES string of the molecule is COc1cccc(NC(=O)[C@H]2CCCN(S(=O)(=O)c3ccc4c(c3)NC(=O)[C@H](C)O4)C2)c1. The zero-order valence-electron chi connectivity index (χ0n) is 17.8. The van der Waals surface area contributed by atoms with E-state index in [4.69, 9.17) is 9.47 Å². The maximum atomic E-state index is 13.3. The number of hydrogen-bond acceptors (Lipinski definition) is 6. The maximum absolute atomic E-state index is 13.3. The Kier molecular flexibility index (Phi) is 6.07. The summed E-state index contributed by atoms with van der Waals surface area (Å²) in [7, 11) is -2.30. The molecule has 2 aliphatic rings. The lowest BCUT2D eigenvalue weighted by Crippen LogP contribution is -2.43. The van der Waals surface area contributed by atoms with Gasteiger partial charge in [-0.3, -0.25) is 9.59 Å². The van der Waals surface area contributed by atoms with Crippen molar-refractivity contribution in [3.63, 3.8) is 0 Å². The highest BCUT2D eigenvalue weighted by Gasteiger charge is 2.34. The molecule has 2 aromatic rings. The molecule has 1 saturated heterocycles. The molecule has 9 nitrogen and oxygen atoms in total. The van der Waals surface area contributed by atoms with Crippen molar-refractivity contribution in [2.75, 3.05) is 30.8 Å². The Labute approximate surface area is 186 Å². The summed E-state index contributed by atoms with van der Waals surface area (Å²) in [5.74, 6) is -0.0115. The van der Waals surface area contributed by atoms with Gasteiger partial charge >= 0.3 is 0 Å². The zero-order chi connectivity index (χ0) is 22.9. The zero-order valence-corrected chi connectivity index (χ0v) is 18.6. The van der Waals surface area contributed by atoms with Crippen molar-refractivity contribution in [1.82, 2.24) is 4.31 Å². The number of ether oxygens (including phenoxy) is 2. The van der Waals surface area contributed by atoms with Crippen molar-refractivity contribution in [1.29, 1.82) is 0 Å². The van der Waals surface area contributed by atoms with Crippen LogP contribution in [0.5, 0.6) is 11.5 Å². The Morgan fingerprint density at radius 3 is 2.84 bits per heavy atom. The highest BCUT2D eigenvalue weighted by molar-refractivity contribution is 7.89. The van der Waals surface area contributed by atoms with Crippen molar-refractivity contribution in [3.8, 4) is 11.5 Å². The summed E-state index contributed by atoms with van der Waals surface area (Å²) in [6, 6.07) is 11.4. The van der Waals surface area contributed by atoms with E-state index >= 15 is 0 Å². The molecular weight excluding hydrogens is 434 g/mol. The molecule has 2 aliphatic heterocycles. The summed E-state index contributed by atoms with van der Waals surface area (Å²) < 4.78 is 38.5. The number of carbonyl (C=O) groups excluding carboxylic acids is 2. The maximum Gasteiger partial charge on any atom is 0.265 e. The number of methoxy groups -OCH3 is 1. The molecule has 2 N–H and O–H groups in total. The van der Waals surface area contributed by atoms with E-state index in [1.54, 1.807) is 38.3 Å². The molecule has 32 heavy (non-hydrogen) atoms. The number of anilines is 2. The lowest BCUT2D eigenvalue weighted by Gasteiger charge is -2.31. The number of benzene rings is 2. The Morgan fingerprint density at radius 2 is 2.06 bits per heavy atom. The van der Waals surface area contributed by atoms with Crippen molar-refractivity contribution in [3.05, 3.63) is 42.5 Å². The van der Waals surface area contributed by atoms with Crippen LogP contribution in [0.3, 0.4) is 0 Å². The summed E-state index contributed by atoms with van der Waals surface area (Å²) in [5.41, 5.74) is 0.910. The molecular formula is C22H25N3O6S. The standard InChI is InChI=1S/C22H25N3O6S/c1-14-21(26)24-19-12-18(8-9-20(19)31-14)32(28,29)25-10-4-5-15(13-25)22(27)23-16-6-3-7-17(11-16)30-2/h3,6-9,11-12,14-15H,4-5,10,13H2,1-2H3,(H,23,27)(H,24,26)/t14-,15-/m0/s1. The summed E-state index contributed by atoms with van der Waals surface area (Å²) >= 11 is 0. The summed E-state index contributed by atoms with van der Waals surface area (Å²) in [4.78, 5) is 24.7. The molecule has 10 heteroatoms. The fraction of sp³-hybridized carbons (Fsp3) is 0.364. The number of nitrogens with one attached hydrogen (secondary N) is 2. The van der Waals surface area contributed by atoms with Crippen LogP contribution in [-0.4, -0.2) is 50.8 Å². The molecule has 4 rings (SSSR count). The molecule has 170 valence electrons. The van der Waals surface area contributed by atoms with Gasteiger partial charge in [0.15, 0.2) is 6.10 Å². The Balaban J connectivity index is 1.49. The molecule has 1 fully saturated rings. The number of carbonyl (C=O) groups is 2. The van der Waals surface area contributed by atoms with Gasteiger partial charge in [0.2, 0.25) is 15.9 Å². The molecule has 2 amide bonds. The number of nitrogens with zero attached hydrogens (tertiary/aromatic N) is 1. The highest BCUT2D eigenvalue weighted by Crippen LogP contribution is 2.33. The van der Waals surface area contributed by atoms with Crippen LogP contribution in [0, 0.1) is 5.92 Å². The van der Waals surface area contributed by atoms with Crippen LogP contribution in [-0.2, 0) is 19.6 Å². The number of piperidine rings is 1. The summed E-state index contributed by atoms with van der Waals surface area (Å²) in [6.45, 7) is 2.02. The molecule has 2 aromatic carbocycles. The van der Waals surface area contributed by atoms with Crippen LogP contribution in [0.15, 0.2) is 47.4 Å². The van der Waals surface area contributed by atoms with Crippen molar-refractivity contribution in [2.24, 2.45) is 5.92 Å².